The van der Waals surface area contributed by atoms with Gasteiger partial charge in [-0.25, -0.2) is 13.4 Å². The van der Waals surface area contributed by atoms with Crippen LogP contribution in [0.2, 0.25) is 10.0 Å². The normalized spacial score (nSPS) is 15.5. The zero-order chi connectivity index (χ0) is 21.5. The fraction of sp³-hybridized carbons (Fsp3) is 0.286. The first-order chi connectivity index (χ1) is 14.3. The molecule has 0 bridgehead atoms. The third kappa shape index (κ3) is 4.22. The van der Waals surface area contributed by atoms with Crippen LogP contribution in [0.1, 0.15) is 11.1 Å². The molecular weight excluding hydrogens is 461 g/mol. The highest BCUT2D eigenvalue weighted by molar-refractivity contribution is 7.89. The predicted molar refractivity (Wildman–Crippen MR) is 124 cm³/mol. The molecule has 2 heterocycles. The molecule has 1 saturated heterocycles. The molecule has 2 aromatic carbocycles. The van der Waals surface area contributed by atoms with Gasteiger partial charge in [0.25, 0.3) is 0 Å². The van der Waals surface area contributed by atoms with Crippen molar-refractivity contribution < 1.29 is 8.42 Å². The molecule has 1 aliphatic rings. The number of sulfonamides is 1. The zero-order valence-corrected chi connectivity index (χ0v) is 19.7. The van der Waals surface area contributed by atoms with Crippen LogP contribution in [-0.4, -0.2) is 43.9 Å². The second-order valence-electron chi connectivity index (χ2n) is 7.30. The second-order valence-corrected chi connectivity index (χ2v) is 10.9. The highest BCUT2D eigenvalue weighted by Crippen LogP contribution is 2.31. The number of anilines is 1. The number of aryl methyl sites for hydroxylation is 2. The quantitative estimate of drug-likeness (QED) is 0.510. The number of piperazine rings is 1. The molecule has 0 atom stereocenters. The Morgan fingerprint density at radius 1 is 0.967 bits per heavy atom. The van der Waals surface area contributed by atoms with Crippen LogP contribution in [0.3, 0.4) is 0 Å². The molecule has 3 aromatic rings. The fourth-order valence-corrected chi connectivity index (χ4v) is 6.14. The lowest BCUT2D eigenvalue weighted by Crippen LogP contribution is -2.48. The molecule has 0 saturated carbocycles. The number of halogens is 2. The van der Waals surface area contributed by atoms with Crippen molar-refractivity contribution >= 4 is 49.7 Å². The van der Waals surface area contributed by atoms with Gasteiger partial charge in [-0.05, 0) is 43.7 Å². The summed E-state index contributed by atoms with van der Waals surface area (Å²) in [4.78, 5) is 7.12. The Balaban J connectivity index is 1.48. The Labute approximate surface area is 190 Å². The number of hydrogen-bond donors (Lipinski definition) is 0. The van der Waals surface area contributed by atoms with E-state index in [1.165, 1.54) is 33.6 Å². The molecule has 9 heteroatoms. The monoisotopic (exact) mass is 481 g/mol. The van der Waals surface area contributed by atoms with Crippen LogP contribution in [0.4, 0.5) is 5.13 Å². The lowest BCUT2D eigenvalue weighted by Gasteiger charge is -2.33. The van der Waals surface area contributed by atoms with Gasteiger partial charge in [0.05, 0.1) is 20.6 Å². The van der Waals surface area contributed by atoms with Gasteiger partial charge in [-0.3, -0.25) is 0 Å². The Hall–Kier alpha value is -1.64. The summed E-state index contributed by atoms with van der Waals surface area (Å²) in [5.41, 5.74) is 4.49. The Morgan fingerprint density at radius 3 is 2.40 bits per heavy atom. The van der Waals surface area contributed by atoms with Crippen LogP contribution in [0.5, 0.6) is 0 Å². The van der Waals surface area contributed by atoms with E-state index in [4.69, 9.17) is 28.2 Å². The van der Waals surface area contributed by atoms with Gasteiger partial charge in [0.1, 0.15) is 0 Å². The fourth-order valence-electron chi connectivity index (χ4n) is 3.45. The predicted octanol–water partition coefficient (Wildman–Crippen LogP) is 5.24. The molecule has 0 unspecified atom stereocenters. The molecule has 0 radical (unpaired) electrons. The molecule has 4 rings (SSSR count). The lowest BCUT2D eigenvalue weighted by atomic mass is 10.0. The van der Waals surface area contributed by atoms with Gasteiger partial charge >= 0.3 is 0 Å². The number of thiazole rings is 1. The van der Waals surface area contributed by atoms with Crippen LogP contribution in [0.25, 0.3) is 11.3 Å². The van der Waals surface area contributed by atoms with Crippen molar-refractivity contribution in [3.8, 4) is 11.3 Å². The van der Waals surface area contributed by atoms with E-state index in [1.807, 2.05) is 0 Å². The van der Waals surface area contributed by atoms with Crippen LogP contribution < -0.4 is 4.90 Å². The molecule has 0 spiro atoms. The van der Waals surface area contributed by atoms with E-state index in [0.29, 0.717) is 31.2 Å². The number of nitrogens with zero attached hydrogens (tertiary/aromatic N) is 3. The molecule has 1 aromatic heterocycles. The maximum absolute atomic E-state index is 12.9. The first kappa shape index (κ1) is 21.6. The summed E-state index contributed by atoms with van der Waals surface area (Å²) in [6, 6.07) is 10.8. The molecule has 30 heavy (non-hydrogen) atoms. The number of aromatic nitrogens is 1. The molecule has 0 amide bonds. The number of hydrogen-bond acceptors (Lipinski definition) is 5. The number of benzene rings is 2. The van der Waals surface area contributed by atoms with E-state index < -0.39 is 10.0 Å². The van der Waals surface area contributed by atoms with Gasteiger partial charge in [-0.2, -0.15) is 4.31 Å². The van der Waals surface area contributed by atoms with Gasteiger partial charge in [0.2, 0.25) is 10.0 Å². The van der Waals surface area contributed by atoms with Crippen molar-refractivity contribution in [1.29, 1.82) is 0 Å². The summed E-state index contributed by atoms with van der Waals surface area (Å²) in [5.74, 6) is 0. The summed E-state index contributed by atoms with van der Waals surface area (Å²) < 4.78 is 27.4. The highest BCUT2D eigenvalue weighted by Gasteiger charge is 2.30. The molecule has 5 nitrogen and oxygen atoms in total. The first-order valence-electron chi connectivity index (χ1n) is 9.49. The average molecular weight is 482 g/mol. The van der Waals surface area contributed by atoms with Crippen LogP contribution in [0, 0.1) is 13.8 Å². The Bertz CT molecular complexity index is 1190. The lowest BCUT2D eigenvalue weighted by molar-refractivity contribution is 0.385. The largest absolute Gasteiger partial charge is 0.345 e. The van der Waals surface area contributed by atoms with E-state index in [-0.39, 0.29) is 9.92 Å². The zero-order valence-electron chi connectivity index (χ0n) is 16.6. The van der Waals surface area contributed by atoms with E-state index in [0.717, 1.165) is 16.4 Å². The summed E-state index contributed by atoms with van der Waals surface area (Å²) in [6.45, 7) is 6.10. The molecule has 1 aliphatic heterocycles. The summed E-state index contributed by atoms with van der Waals surface area (Å²) in [5, 5.41) is 3.55. The SMILES string of the molecule is Cc1ccc(C)c(-c2csc(N3CCN(S(=O)(=O)c4ccc(Cl)c(Cl)c4)CC3)n2)c1. The third-order valence-electron chi connectivity index (χ3n) is 5.20. The van der Waals surface area contributed by atoms with Crippen LogP contribution in [-0.2, 0) is 10.0 Å². The minimum absolute atomic E-state index is 0.164. The van der Waals surface area contributed by atoms with Crippen molar-refractivity contribution in [3.05, 3.63) is 63.0 Å². The molecule has 158 valence electrons. The standard InChI is InChI=1S/C21H21Cl2N3O2S2/c1-14-3-4-15(2)17(11-14)20-13-29-21(24-20)25-7-9-26(10-8-25)30(27,28)16-5-6-18(22)19(23)12-16/h3-6,11-13H,7-10H2,1-2H3. The highest BCUT2D eigenvalue weighted by atomic mass is 35.5. The minimum Gasteiger partial charge on any atom is -0.345 e. The Kier molecular flexibility index (Phi) is 6.10. The van der Waals surface area contributed by atoms with E-state index in [2.05, 4.69) is 42.3 Å². The molecule has 1 fully saturated rings. The van der Waals surface area contributed by atoms with E-state index >= 15 is 0 Å². The van der Waals surface area contributed by atoms with Crippen molar-refractivity contribution in [2.24, 2.45) is 0 Å². The Morgan fingerprint density at radius 2 is 1.70 bits per heavy atom. The average Bonchev–Trinajstić information content (AvgIpc) is 3.22. The summed E-state index contributed by atoms with van der Waals surface area (Å²) in [6.07, 6.45) is 0. The van der Waals surface area contributed by atoms with Gasteiger partial charge in [0, 0.05) is 37.1 Å². The molecule has 0 aliphatic carbocycles. The first-order valence-corrected chi connectivity index (χ1v) is 12.6. The van der Waals surface area contributed by atoms with E-state index in [1.54, 1.807) is 11.3 Å². The van der Waals surface area contributed by atoms with Gasteiger partial charge in [-0.15, -0.1) is 11.3 Å². The van der Waals surface area contributed by atoms with Gasteiger partial charge in [-0.1, -0.05) is 40.9 Å². The summed E-state index contributed by atoms with van der Waals surface area (Å²) in [7, 11) is -3.61. The summed E-state index contributed by atoms with van der Waals surface area (Å²) >= 11 is 13.5. The third-order valence-corrected chi connectivity index (χ3v) is 8.73. The van der Waals surface area contributed by atoms with Crippen LogP contribution in [0.15, 0.2) is 46.7 Å². The van der Waals surface area contributed by atoms with Crippen molar-refractivity contribution in [1.82, 2.24) is 9.29 Å². The molecule has 0 N–H and O–H groups in total. The van der Waals surface area contributed by atoms with Crippen LogP contribution >= 0.6 is 34.5 Å². The topological polar surface area (TPSA) is 53.5 Å². The smallest absolute Gasteiger partial charge is 0.243 e. The van der Waals surface area contributed by atoms with E-state index in [9.17, 15) is 8.42 Å². The number of rotatable bonds is 4. The van der Waals surface area contributed by atoms with Crippen molar-refractivity contribution in [2.75, 3.05) is 31.1 Å². The van der Waals surface area contributed by atoms with Gasteiger partial charge in [0.15, 0.2) is 5.13 Å². The minimum atomic E-state index is -3.61. The van der Waals surface area contributed by atoms with Crippen molar-refractivity contribution in [2.45, 2.75) is 18.7 Å². The maximum Gasteiger partial charge on any atom is 0.243 e. The second kappa shape index (κ2) is 8.48. The van der Waals surface area contributed by atoms with Crippen molar-refractivity contribution in [3.63, 3.8) is 0 Å². The molecular formula is C21H21Cl2N3O2S2. The maximum atomic E-state index is 12.9. The van der Waals surface area contributed by atoms with Gasteiger partial charge < -0.3 is 4.90 Å².